The predicted molar refractivity (Wildman–Crippen MR) is 168 cm³/mol. The van der Waals surface area contributed by atoms with Gasteiger partial charge in [-0.2, -0.15) is 0 Å². The van der Waals surface area contributed by atoms with E-state index in [0.29, 0.717) is 17.0 Å². The van der Waals surface area contributed by atoms with E-state index in [1.165, 1.54) is 36.3 Å². The Hall–Kier alpha value is -2.98. The molecule has 0 aliphatic heterocycles. The van der Waals surface area contributed by atoms with Gasteiger partial charge in [-0.1, -0.05) is 65.5 Å². The number of ether oxygens (including phenoxy) is 1. The number of aryl methyl sites for hydroxylation is 1. The maximum Gasteiger partial charge on any atom is 0.264 e. The second-order valence-corrected chi connectivity index (χ2v) is 13.0. The molecule has 2 amide bonds. The third-order valence-electron chi connectivity index (χ3n) is 6.80. The van der Waals surface area contributed by atoms with Crippen molar-refractivity contribution < 1.29 is 22.7 Å². The summed E-state index contributed by atoms with van der Waals surface area (Å²) in [7, 11) is -2.90. The van der Waals surface area contributed by atoms with Gasteiger partial charge in [0.05, 0.1) is 27.7 Å². The second kappa shape index (κ2) is 14.5. The van der Waals surface area contributed by atoms with Gasteiger partial charge < -0.3 is 15.0 Å². The smallest absolute Gasteiger partial charge is 0.264 e. The first-order valence-corrected chi connectivity index (χ1v) is 15.8. The molecule has 3 rings (SSSR count). The molecular weight excluding hydrogens is 621 g/mol. The summed E-state index contributed by atoms with van der Waals surface area (Å²) in [6.45, 7) is 6.54. The molecule has 0 aliphatic rings. The molecule has 3 aromatic carbocycles. The van der Waals surface area contributed by atoms with Crippen LogP contribution in [0.1, 0.15) is 38.3 Å². The predicted octanol–water partition coefficient (Wildman–Crippen LogP) is 6.49. The van der Waals surface area contributed by atoms with Crippen molar-refractivity contribution in [1.82, 2.24) is 10.2 Å². The zero-order chi connectivity index (χ0) is 31.2. The SMILES string of the molecule is CCC(C)NC(=O)C(C)N(Cc1ccc(Cl)c(Cl)c1)C(=O)CN(c1cc(Cl)ccc1OC)S(=O)(=O)c1ccc(C)cc1. The molecule has 0 fully saturated rings. The van der Waals surface area contributed by atoms with Gasteiger partial charge in [0.25, 0.3) is 10.0 Å². The van der Waals surface area contributed by atoms with Crippen LogP contribution in [0.4, 0.5) is 5.69 Å². The lowest BCUT2D eigenvalue weighted by atomic mass is 10.1. The van der Waals surface area contributed by atoms with Crippen LogP contribution in [0, 0.1) is 6.92 Å². The van der Waals surface area contributed by atoms with Gasteiger partial charge in [-0.15, -0.1) is 0 Å². The van der Waals surface area contributed by atoms with Crippen LogP contribution in [-0.4, -0.2) is 50.9 Å². The van der Waals surface area contributed by atoms with Crippen LogP contribution in [0.5, 0.6) is 5.75 Å². The van der Waals surface area contributed by atoms with Crippen molar-refractivity contribution in [3.63, 3.8) is 0 Å². The lowest BCUT2D eigenvalue weighted by Crippen LogP contribution is -2.52. The van der Waals surface area contributed by atoms with E-state index in [0.717, 1.165) is 9.87 Å². The average Bonchev–Trinajstić information content (AvgIpc) is 2.95. The van der Waals surface area contributed by atoms with E-state index in [4.69, 9.17) is 39.5 Å². The van der Waals surface area contributed by atoms with Crippen LogP contribution >= 0.6 is 34.8 Å². The van der Waals surface area contributed by atoms with E-state index >= 15 is 0 Å². The average molecular weight is 655 g/mol. The highest BCUT2D eigenvalue weighted by Crippen LogP contribution is 2.35. The third-order valence-corrected chi connectivity index (χ3v) is 9.55. The van der Waals surface area contributed by atoms with E-state index < -0.39 is 28.5 Å². The number of hydrogen-bond acceptors (Lipinski definition) is 5. The third kappa shape index (κ3) is 8.10. The minimum Gasteiger partial charge on any atom is -0.495 e. The van der Waals surface area contributed by atoms with Gasteiger partial charge in [0.15, 0.2) is 0 Å². The van der Waals surface area contributed by atoms with E-state index in [1.54, 1.807) is 43.3 Å². The maximum atomic E-state index is 14.1. The molecule has 0 heterocycles. The first-order valence-electron chi connectivity index (χ1n) is 13.2. The Bertz CT molecular complexity index is 1530. The summed E-state index contributed by atoms with van der Waals surface area (Å²) in [5, 5.41) is 3.76. The quantitative estimate of drug-likeness (QED) is 0.241. The van der Waals surface area contributed by atoms with Gasteiger partial charge in [0.2, 0.25) is 11.8 Å². The van der Waals surface area contributed by atoms with Crippen molar-refractivity contribution >= 4 is 62.3 Å². The van der Waals surface area contributed by atoms with Crippen molar-refractivity contribution in [3.8, 4) is 5.75 Å². The number of nitrogens with one attached hydrogen (secondary N) is 1. The lowest BCUT2D eigenvalue weighted by molar-refractivity contribution is -0.139. The number of rotatable bonds is 12. The maximum absolute atomic E-state index is 14.1. The van der Waals surface area contributed by atoms with Gasteiger partial charge in [0.1, 0.15) is 18.3 Å². The van der Waals surface area contributed by atoms with Gasteiger partial charge in [0, 0.05) is 17.6 Å². The zero-order valence-corrected chi connectivity index (χ0v) is 27.1. The highest BCUT2D eigenvalue weighted by atomic mass is 35.5. The van der Waals surface area contributed by atoms with Crippen LogP contribution in [0.2, 0.25) is 15.1 Å². The number of hydrogen-bond donors (Lipinski definition) is 1. The van der Waals surface area contributed by atoms with Gasteiger partial charge in [-0.3, -0.25) is 13.9 Å². The fourth-order valence-corrected chi connectivity index (χ4v) is 6.00. The highest BCUT2D eigenvalue weighted by molar-refractivity contribution is 7.92. The molecule has 8 nitrogen and oxygen atoms in total. The normalized spacial score (nSPS) is 12.8. The Morgan fingerprint density at radius 2 is 1.62 bits per heavy atom. The fraction of sp³-hybridized carbons (Fsp3) is 0.333. The van der Waals surface area contributed by atoms with Crippen LogP contribution in [0.3, 0.4) is 0 Å². The van der Waals surface area contributed by atoms with Gasteiger partial charge in [-0.25, -0.2) is 8.42 Å². The van der Waals surface area contributed by atoms with Crippen LogP contribution in [0.25, 0.3) is 0 Å². The first-order chi connectivity index (χ1) is 19.8. The molecule has 0 saturated heterocycles. The van der Waals surface area contributed by atoms with E-state index in [1.807, 2.05) is 20.8 Å². The molecule has 0 aliphatic carbocycles. The molecule has 2 atom stereocenters. The summed E-state index contributed by atoms with van der Waals surface area (Å²) in [4.78, 5) is 28.6. The minimum absolute atomic E-state index is 0.0264. The minimum atomic E-state index is -4.29. The number of nitrogens with zero attached hydrogens (tertiary/aromatic N) is 2. The molecule has 226 valence electrons. The summed E-state index contributed by atoms with van der Waals surface area (Å²) in [5.74, 6) is -0.821. The standard InChI is InChI=1S/C30H34Cl3N3O5S/c1-6-20(3)34-30(38)21(4)35(17-22-9-13-25(32)26(33)15-22)29(37)18-36(27-16-23(31)10-14-28(27)41-5)42(39,40)24-11-7-19(2)8-12-24/h7-16,20-21H,6,17-18H2,1-5H3,(H,34,38). The van der Waals surface area contributed by atoms with Gasteiger partial charge in [-0.05, 0) is 75.2 Å². The Balaban J connectivity index is 2.11. The van der Waals surface area contributed by atoms with E-state index in [-0.39, 0.29) is 44.9 Å². The molecule has 0 saturated carbocycles. The Morgan fingerprint density at radius 1 is 0.952 bits per heavy atom. The molecule has 0 bridgehead atoms. The molecular formula is C30H34Cl3N3O5S. The van der Waals surface area contributed by atoms with Gasteiger partial charge >= 0.3 is 0 Å². The number of sulfonamides is 1. The first kappa shape index (κ1) is 33.5. The van der Waals surface area contributed by atoms with E-state index in [9.17, 15) is 18.0 Å². The monoisotopic (exact) mass is 653 g/mol. The molecule has 0 aromatic heterocycles. The number of carbonyl (C=O) groups is 2. The van der Waals surface area contributed by atoms with Crippen molar-refractivity contribution in [2.45, 2.75) is 57.6 Å². The number of methoxy groups -OCH3 is 1. The Kier molecular flexibility index (Phi) is 11.5. The van der Waals surface area contributed by atoms with Crippen LogP contribution in [0.15, 0.2) is 65.6 Å². The summed E-state index contributed by atoms with van der Waals surface area (Å²) in [6, 6.07) is 14.6. The van der Waals surface area contributed by atoms with Crippen molar-refractivity contribution in [2.24, 2.45) is 0 Å². The fourth-order valence-electron chi connectivity index (χ4n) is 4.09. The molecule has 42 heavy (non-hydrogen) atoms. The van der Waals surface area contributed by atoms with Crippen LogP contribution < -0.4 is 14.4 Å². The molecule has 1 N–H and O–H groups in total. The topological polar surface area (TPSA) is 96.0 Å². The van der Waals surface area contributed by atoms with Crippen molar-refractivity contribution in [3.05, 3.63) is 86.9 Å². The lowest BCUT2D eigenvalue weighted by Gasteiger charge is -2.33. The molecule has 0 radical (unpaired) electrons. The number of anilines is 1. The van der Waals surface area contributed by atoms with Crippen molar-refractivity contribution in [2.75, 3.05) is 18.0 Å². The highest BCUT2D eigenvalue weighted by Gasteiger charge is 2.34. The molecule has 3 aromatic rings. The van der Waals surface area contributed by atoms with Crippen LogP contribution in [-0.2, 0) is 26.2 Å². The van der Waals surface area contributed by atoms with E-state index in [2.05, 4.69) is 5.32 Å². The zero-order valence-electron chi connectivity index (χ0n) is 24.0. The second-order valence-electron chi connectivity index (χ2n) is 9.90. The number of amides is 2. The summed E-state index contributed by atoms with van der Waals surface area (Å²) >= 11 is 18.6. The Labute approximate surface area is 262 Å². The summed E-state index contributed by atoms with van der Waals surface area (Å²) in [6.07, 6.45) is 0.691. The largest absolute Gasteiger partial charge is 0.495 e. The number of halogens is 3. The molecule has 0 spiro atoms. The number of carbonyl (C=O) groups excluding carboxylic acids is 2. The molecule has 2 unspecified atom stereocenters. The number of benzene rings is 3. The molecule has 12 heteroatoms. The summed E-state index contributed by atoms with van der Waals surface area (Å²) in [5.41, 5.74) is 1.55. The van der Waals surface area contributed by atoms with Crippen molar-refractivity contribution in [1.29, 1.82) is 0 Å². The Morgan fingerprint density at radius 3 is 2.21 bits per heavy atom. The summed E-state index contributed by atoms with van der Waals surface area (Å²) < 4.78 is 34.5.